The molecule has 2 aromatic rings. The van der Waals surface area contributed by atoms with Crippen LogP contribution in [0.3, 0.4) is 0 Å². The number of rotatable bonds is 7. The van der Waals surface area contributed by atoms with E-state index in [4.69, 9.17) is 9.47 Å². The van der Waals surface area contributed by atoms with Gasteiger partial charge < -0.3 is 20.1 Å². The van der Waals surface area contributed by atoms with Crippen LogP contribution in [0.25, 0.3) is 0 Å². The highest BCUT2D eigenvalue weighted by atomic mass is 16.5. The number of nitrogens with one attached hydrogen (secondary N) is 2. The van der Waals surface area contributed by atoms with Crippen molar-refractivity contribution < 1.29 is 14.3 Å². The Kier molecular flexibility index (Phi) is 6.29. The van der Waals surface area contributed by atoms with Gasteiger partial charge in [0.2, 0.25) is 0 Å². The molecule has 0 unspecified atom stereocenters. The van der Waals surface area contributed by atoms with Crippen molar-refractivity contribution in [3.05, 3.63) is 59.7 Å². The number of carbonyl (C=O) groups excluding carboxylic acids is 1. The van der Waals surface area contributed by atoms with E-state index in [2.05, 4.69) is 10.6 Å². The van der Waals surface area contributed by atoms with Gasteiger partial charge in [-0.15, -0.1) is 0 Å². The monoisotopic (exact) mass is 314 g/mol. The number of hydrogen-bond donors (Lipinski definition) is 2. The summed E-state index contributed by atoms with van der Waals surface area (Å²) < 4.78 is 10.3. The molecule has 122 valence electrons. The summed E-state index contributed by atoms with van der Waals surface area (Å²) in [6, 6.07) is 15.2. The molecule has 0 spiro atoms. The molecule has 5 nitrogen and oxygen atoms in total. The smallest absolute Gasteiger partial charge is 0.315 e. The summed E-state index contributed by atoms with van der Waals surface area (Å²) in [6.45, 7) is 1.05. The van der Waals surface area contributed by atoms with Crippen molar-refractivity contribution in [2.75, 3.05) is 20.8 Å². The van der Waals surface area contributed by atoms with Gasteiger partial charge in [-0.1, -0.05) is 24.3 Å². The van der Waals surface area contributed by atoms with Crippen LogP contribution in [0.1, 0.15) is 11.1 Å². The van der Waals surface area contributed by atoms with Crippen molar-refractivity contribution in [1.29, 1.82) is 0 Å². The van der Waals surface area contributed by atoms with Crippen LogP contribution in [0.4, 0.5) is 4.79 Å². The zero-order chi connectivity index (χ0) is 16.5. The van der Waals surface area contributed by atoms with Crippen LogP contribution in [-0.2, 0) is 13.0 Å². The Bertz CT molecular complexity index is 626. The SMILES string of the molecule is COc1ccc(CNC(=O)NCCc2cccc(OC)c2)cc1. The molecular formula is C18H22N2O3. The lowest BCUT2D eigenvalue weighted by molar-refractivity contribution is 0.240. The van der Waals surface area contributed by atoms with E-state index in [9.17, 15) is 4.79 Å². The Hall–Kier alpha value is -2.69. The fourth-order valence-corrected chi connectivity index (χ4v) is 2.14. The maximum atomic E-state index is 11.8. The number of urea groups is 1. The molecule has 2 rings (SSSR count). The number of carbonyl (C=O) groups is 1. The average Bonchev–Trinajstić information content (AvgIpc) is 2.60. The van der Waals surface area contributed by atoms with Gasteiger partial charge in [-0.3, -0.25) is 0 Å². The minimum absolute atomic E-state index is 0.177. The van der Waals surface area contributed by atoms with E-state index in [-0.39, 0.29) is 6.03 Å². The van der Waals surface area contributed by atoms with Crippen molar-refractivity contribution >= 4 is 6.03 Å². The lowest BCUT2D eigenvalue weighted by Gasteiger charge is -2.09. The lowest BCUT2D eigenvalue weighted by Crippen LogP contribution is -2.36. The maximum absolute atomic E-state index is 11.8. The van der Waals surface area contributed by atoms with E-state index in [0.29, 0.717) is 13.1 Å². The van der Waals surface area contributed by atoms with Gasteiger partial charge in [0.1, 0.15) is 11.5 Å². The van der Waals surface area contributed by atoms with Gasteiger partial charge in [0.05, 0.1) is 14.2 Å². The fraction of sp³-hybridized carbons (Fsp3) is 0.278. The summed E-state index contributed by atoms with van der Waals surface area (Å²) in [5.74, 6) is 1.63. The Morgan fingerprint density at radius 1 is 0.913 bits per heavy atom. The van der Waals surface area contributed by atoms with Crippen molar-refractivity contribution in [3.8, 4) is 11.5 Å². The Morgan fingerprint density at radius 2 is 1.65 bits per heavy atom. The third-order valence-corrected chi connectivity index (χ3v) is 3.45. The van der Waals surface area contributed by atoms with E-state index < -0.39 is 0 Å². The zero-order valence-electron chi connectivity index (χ0n) is 13.5. The molecule has 0 aliphatic heterocycles. The van der Waals surface area contributed by atoms with Crippen molar-refractivity contribution in [2.24, 2.45) is 0 Å². The van der Waals surface area contributed by atoms with Crippen molar-refractivity contribution in [2.45, 2.75) is 13.0 Å². The molecule has 2 aromatic carbocycles. The summed E-state index contributed by atoms with van der Waals surface area (Å²) in [6.07, 6.45) is 0.757. The summed E-state index contributed by atoms with van der Waals surface area (Å²) in [7, 11) is 3.27. The summed E-state index contributed by atoms with van der Waals surface area (Å²) in [5.41, 5.74) is 2.15. The predicted octanol–water partition coefficient (Wildman–Crippen LogP) is 2.75. The molecule has 23 heavy (non-hydrogen) atoms. The number of ether oxygens (including phenoxy) is 2. The quantitative estimate of drug-likeness (QED) is 0.826. The third-order valence-electron chi connectivity index (χ3n) is 3.45. The maximum Gasteiger partial charge on any atom is 0.315 e. The molecule has 0 atom stereocenters. The van der Waals surface area contributed by atoms with E-state index in [1.807, 2.05) is 48.5 Å². The standard InChI is InChI=1S/C18H22N2O3/c1-22-16-8-6-15(7-9-16)13-20-18(21)19-11-10-14-4-3-5-17(12-14)23-2/h3-9,12H,10-11,13H2,1-2H3,(H2,19,20,21). The van der Waals surface area contributed by atoms with Crippen LogP contribution in [0.5, 0.6) is 11.5 Å². The molecule has 2 N–H and O–H groups in total. The van der Waals surface area contributed by atoms with Crippen LogP contribution in [0, 0.1) is 0 Å². The highest BCUT2D eigenvalue weighted by Gasteiger charge is 2.01. The molecule has 0 fully saturated rings. The van der Waals surface area contributed by atoms with E-state index in [0.717, 1.165) is 29.0 Å². The van der Waals surface area contributed by atoms with Crippen LogP contribution in [0.2, 0.25) is 0 Å². The third kappa shape index (κ3) is 5.54. The fourth-order valence-electron chi connectivity index (χ4n) is 2.14. The number of hydrogen-bond acceptors (Lipinski definition) is 3. The van der Waals surface area contributed by atoms with Gasteiger partial charge in [0.25, 0.3) is 0 Å². The molecule has 0 bridgehead atoms. The zero-order valence-corrected chi connectivity index (χ0v) is 13.5. The van der Waals surface area contributed by atoms with Gasteiger partial charge in [-0.2, -0.15) is 0 Å². The highest BCUT2D eigenvalue weighted by molar-refractivity contribution is 5.73. The lowest BCUT2D eigenvalue weighted by atomic mass is 10.1. The van der Waals surface area contributed by atoms with Crippen molar-refractivity contribution in [1.82, 2.24) is 10.6 Å². The van der Waals surface area contributed by atoms with Gasteiger partial charge in [0.15, 0.2) is 0 Å². The molecule has 0 aliphatic rings. The predicted molar refractivity (Wildman–Crippen MR) is 89.9 cm³/mol. The summed E-state index contributed by atoms with van der Waals surface area (Å²) in [5, 5.41) is 5.68. The van der Waals surface area contributed by atoms with Crippen LogP contribution in [0.15, 0.2) is 48.5 Å². The average molecular weight is 314 g/mol. The Balaban J connectivity index is 1.70. The van der Waals surface area contributed by atoms with Crippen molar-refractivity contribution in [3.63, 3.8) is 0 Å². The Labute approximate surface area is 136 Å². The van der Waals surface area contributed by atoms with E-state index in [1.54, 1.807) is 14.2 Å². The topological polar surface area (TPSA) is 59.6 Å². The molecule has 0 heterocycles. The molecule has 0 aromatic heterocycles. The molecule has 2 amide bonds. The molecule has 5 heteroatoms. The molecule has 0 aliphatic carbocycles. The van der Waals surface area contributed by atoms with Gasteiger partial charge in [-0.05, 0) is 41.8 Å². The van der Waals surface area contributed by atoms with E-state index in [1.165, 1.54) is 0 Å². The second-order valence-corrected chi connectivity index (χ2v) is 5.06. The number of amides is 2. The molecule has 0 saturated heterocycles. The minimum atomic E-state index is -0.177. The van der Waals surface area contributed by atoms with Gasteiger partial charge in [-0.25, -0.2) is 4.79 Å². The van der Waals surface area contributed by atoms with Crippen LogP contribution in [-0.4, -0.2) is 26.8 Å². The molecular weight excluding hydrogens is 292 g/mol. The summed E-state index contributed by atoms with van der Waals surface area (Å²) in [4.78, 5) is 11.8. The highest BCUT2D eigenvalue weighted by Crippen LogP contribution is 2.12. The molecule has 0 saturated carbocycles. The van der Waals surface area contributed by atoms with Gasteiger partial charge in [0, 0.05) is 13.1 Å². The first-order valence-corrected chi connectivity index (χ1v) is 7.49. The minimum Gasteiger partial charge on any atom is -0.497 e. The van der Waals surface area contributed by atoms with Crippen LogP contribution < -0.4 is 20.1 Å². The Morgan fingerprint density at radius 3 is 2.35 bits per heavy atom. The normalized spacial score (nSPS) is 10.0. The number of methoxy groups -OCH3 is 2. The second kappa shape index (κ2) is 8.68. The first-order chi connectivity index (χ1) is 11.2. The van der Waals surface area contributed by atoms with Gasteiger partial charge >= 0.3 is 6.03 Å². The van der Waals surface area contributed by atoms with E-state index >= 15 is 0 Å². The number of benzene rings is 2. The summed E-state index contributed by atoms with van der Waals surface area (Å²) >= 11 is 0. The first kappa shape index (κ1) is 16.7. The second-order valence-electron chi connectivity index (χ2n) is 5.06. The first-order valence-electron chi connectivity index (χ1n) is 7.49. The molecule has 0 radical (unpaired) electrons. The van der Waals surface area contributed by atoms with Crippen LogP contribution >= 0.6 is 0 Å². The largest absolute Gasteiger partial charge is 0.497 e.